The Balaban J connectivity index is 2.03. The van der Waals surface area contributed by atoms with E-state index in [1.54, 1.807) is 36.4 Å². The molecule has 158 valence electrons. The molecule has 0 amide bonds. The molecule has 0 radical (unpaired) electrons. The van der Waals surface area contributed by atoms with E-state index in [4.69, 9.17) is 20.9 Å². The van der Waals surface area contributed by atoms with Gasteiger partial charge in [0.15, 0.2) is 0 Å². The summed E-state index contributed by atoms with van der Waals surface area (Å²) < 4.78 is 10.1. The highest BCUT2D eigenvalue weighted by atomic mass is 16.5. The normalized spacial score (nSPS) is 10.4. The summed E-state index contributed by atoms with van der Waals surface area (Å²) in [6, 6.07) is 25.6. The van der Waals surface area contributed by atoms with Crippen molar-refractivity contribution in [1.29, 1.82) is 0 Å². The minimum Gasteiger partial charge on any atom is -0.429 e. The summed E-state index contributed by atoms with van der Waals surface area (Å²) in [5, 5.41) is 0. The Labute approximate surface area is 185 Å². The molecule has 6 nitrogen and oxygen atoms in total. The summed E-state index contributed by atoms with van der Waals surface area (Å²) in [4.78, 5) is 21.7. The van der Waals surface area contributed by atoms with E-state index >= 15 is 0 Å². The molecule has 0 aliphatic rings. The molecule has 4 rings (SSSR count). The summed E-state index contributed by atoms with van der Waals surface area (Å²) >= 11 is 0. The lowest BCUT2D eigenvalue weighted by Crippen LogP contribution is -1.98. The van der Waals surface area contributed by atoms with Crippen LogP contribution in [0.2, 0.25) is 0 Å². The molecule has 0 fully saturated rings. The number of benzene rings is 4. The highest BCUT2D eigenvalue weighted by Gasteiger charge is 2.18. The van der Waals surface area contributed by atoms with Crippen LogP contribution >= 0.6 is 0 Å². The van der Waals surface area contributed by atoms with Gasteiger partial charge in [-0.05, 0) is 70.3 Å². The standard InChI is InChI=1S/C26H20N2O4/c27-20-9-7-17(8-10-20)23-11-12-24(28)26(19-4-2-6-22(14-19)32-16-30)25(23)18-3-1-5-21(13-18)31-15-29/h1-16H,27-28H2. The van der Waals surface area contributed by atoms with Crippen LogP contribution in [-0.2, 0) is 9.59 Å². The van der Waals surface area contributed by atoms with Crippen molar-refractivity contribution in [2.75, 3.05) is 11.5 Å². The van der Waals surface area contributed by atoms with E-state index in [-0.39, 0.29) is 0 Å². The Morgan fingerprint density at radius 2 is 1.16 bits per heavy atom. The number of rotatable bonds is 7. The lowest BCUT2D eigenvalue weighted by atomic mass is 9.86. The number of nitrogens with two attached hydrogens (primary N) is 2. The van der Waals surface area contributed by atoms with Gasteiger partial charge in [0.1, 0.15) is 11.5 Å². The van der Waals surface area contributed by atoms with Crippen molar-refractivity contribution in [2.45, 2.75) is 0 Å². The molecule has 0 aromatic heterocycles. The van der Waals surface area contributed by atoms with Gasteiger partial charge in [-0.3, -0.25) is 9.59 Å². The van der Waals surface area contributed by atoms with Gasteiger partial charge in [-0.15, -0.1) is 0 Å². The number of carbonyl (C=O) groups is 2. The zero-order valence-electron chi connectivity index (χ0n) is 17.0. The van der Waals surface area contributed by atoms with Crippen molar-refractivity contribution in [1.82, 2.24) is 0 Å². The fourth-order valence-corrected chi connectivity index (χ4v) is 3.69. The van der Waals surface area contributed by atoms with Crippen LogP contribution in [0.4, 0.5) is 11.4 Å². The van der Waals surface area contributed by atoms with Gasteiger partial charge in [-0.25, -0.2) is 0 Å². The lowest BCUT2D eigenvalue weighted by molar-refractivity contribution is -0.121. The Morgan fingerprint density at radius 3 is 1.72 bits per heavy atom. The molecule has 0 saturated carbocycles. The SMILES string of the molecule is Nc1ccc(-c2ccc(N)c(-c3cccc(OC=O)c3)c2-c2cccc(OC=O)c2)cc1. The molecule has 0 aliphatic carbocycles. The van der Waals surface area contributed by atoms with Gasteiger partial charge in [-0.2, -0.15) is 0 Å². The van der Waals surface area contributed by atoms with Crippen molar-refractivity contribution in [3.05, 3.63) is 84.9 Å². The van der Waals surface area contributed by atoms with E-state index < -0.39 is 0 Å². The van der Waals surface area contributed by atoms with Crippen LogP contribution in [0.15, 0.2) is 84.9 Å². The predicted molar refractivity (Wildman–Crippen MR) is 125 cm³/mol. The lowest BCUT2D eigenvalue weighted by Gasteiger charge is -2.19. The van der Waals surface area contributed by atoms with Crippen LogP contribution in [0.1, 0.15) is 0 Å². The zero-order valence-corrected chi connectivity index (χ0v) is 17.0. The largest absolute Gasteiger partial charge is 0.429 e. The molecule has 6 heteroatoms. The molecular formula is C26H20N2O4. The Kier molecular flexibility index (Phi) is 5.85. The molecule has 4 aromatic carbocycles. The number of anilines is 2. The first-order chi connectivity index (χ1) is 15.6. The van der Waals surface area contributed by atoms with Crippen molar-refractivity contribution >= 4 is 24.3 Å². The fraction of sp³-hybridized carbons (Fsp3) is 0. The molecule has 0 atom stereocenters. The third kappa shape index (κ3) is 4.15. The third-order valence-electron chi connectivity index (χ3n) is 5.07. The quantitative estimate of drug-likeness (QED) is 0.322. The van der Waals surface area contributed by atoms with Gasteiger partial charge in [0.25, 0.3) is 12.9 Å². The van der Waals surface area contributed by atoms with Crippen molar-refractivity contribution in [2.24, 2.45) is 0 Å². The van der Waals surface area contributed by atoms with Gasteiger partial charge in [0.05, 0.1) is 0 Å². The summed E-state index contributed by atoms with van der Waals surface area (Å²) in [7, 11) is 0. The minimum atomic E-state index is 0.383. The minimum absolute atomic E-state index is 0.383. The summed E-state index contributed by atoms with van der Waals surface area (Å²) in [5.41, 5.74) is 18.6. The Bertz CT molecular complexity index is 1280. The summed E-state index contributed by atoms with van der Waals surface area (Å²) in [6.45, 7) is 0.773. The van der Waals surface area contributed by atoms with Gasteiger partial charge in [0, 0.05) is 16.9 Å². The highest BCUT2D eigenvalue weighted by molar-refractivity contribution is 6.00. The molecule has 32 heavy (non-hydrogen) atoms. The van der Waals surface area contributed by atoms with Crippen LogP contribution in [-0.4, -0.2) is 12.9 Å². The van der Waals surface area contributed by atoms with Crippen molar-refractivity contribution in [3.63, 3.8) is 0 Å². The molecule has 0 heterocycles. The maximum atomic E-state index is 10.9. The fourth-order valence-electron chi connectivity index (χ4n) is 3.69. The number of hydrogen-bond acceptors (Lipinski definition) is 6. The maximum Gasteiger partial charge on any atom is 0.298 e. The van der Waals surface area contributed by atoms with Crippen LogP contribution in [0.25, 0.3) is 33.4 Å². The van der Waals surface area contributed by atoms with Gasteiger partial charge in [-0.1, -0.05) is 42.5 Å². The number of carbonyl (C=O) groups excluding carboxylic acids is 2. The van der Waals surface area contributed by atoms with E-state index in [0.29, 0.717) is 35.8 Å². The first kappa shape index (κ1) is 20.7. The molecule has 0 saturated heterocycles. The summed E-state index contributed by atoms with van der Waals surface area (Å²) in [5.74, 6) is 0.811. The van der Waals surface area contributed by atoms with Crippen molar-refractivity contribution < 1.29 is 19.1 Å². The number of hydrogen-bond donors (Lipinski definition) is 2. The smallest absolute Gasteiger partial charge is 0.298 e. The topological polar surface area (TPSA) is 105 Å². The van der Waals surface area contributed by atoms with E-state index in [0.717, 1.165) is 33.4 Å². The van der Waals surface area contributed by atoms with Gasteiger partial charge in [0.2, 0.25) is 0 Å². The van der Waals surface area contributed by atoms with E-state index in [1.165, 1.54) is 0 Å². The maximum absolute atomic E-state index is 10.9. The van der Waals surface area contributed by atoms with Crippen LogP contribution < -0.4 is 20.9 Å². The Hall–Kier alpha value is -4.58. The molecule has 0 bridgehead atoms. The van der Waals surface area contributed by atoms with Gasteiger partial charge < -0.3 is 20.9 Å². The average Bonchev–Trinajstić information content (AvgIpc) is 2.80. The monoisotopic (exact) mass is 424 g/mol. The second-order valence-corrected chi connectivity index (χ2v) is 7.06. The molecule has 4 aromatic rings. The zero-order chi connectivity index (χ0) is 22.5. The Morgan fingerprint density at radius 1 is 0.594 bits per heavy atom. The van der Waals surface area contributed by atoms with Gasteiger partial charge >= 0.3 is 0 Å². The molecule has 0 unspecified atom stereocenters. The average molecular weight is 424 g/mol. The number of ether oxygens (including phenoxy) is 2. The summed E-state index contributed by atoms with van der Waals surface area (Å²) in [6.07, 6.45) is 0. The van der Waals surface area contributed by atoms with E-state index in [2.05, 4.69) is 0 Å². The number of nitrogen functional groups attached to an aromatic ring is 2. The highest BCUT2D eigenvalue weighted by Crippen LogP contribution is 2.44. The molecule has 4 N–H and O–H groups in total. The second kappa shape index (κ2) is 9.06. The molecular weight excluding hydrogens is 404 g/mol. The van der Waals surface area contributed by atoms with Crippen LogP contribution in [0.5, 0.6) is 11.5 Å². The van der Waals surface area contributed by atoms with E-state index in [9.17, 15) is 9.59 Å². The predicted octanol–water partition coefficient (Wildman–Crippen LogP) is 4.92. The second-order valence-electron chi connectivity index (χ2n) is 7.06. The van der Waals surface area contributed by atoms with Crippen molar-refractivity contribution in [3.8, 4) is 44.9 Å². The first-order valence-corrected chi connectivity index (χ1v) is 9.80. The first-order valence-electron chi connectivity index (χ1n) is 9.80. The van der Waals surface area contributed by atoms with Crippen LogP contribution in [0, 0.1) is 0 Å². The third-order valence-corrected chi connectivity index (χ3v) is 5.07. The van der Waals surface area contributed by atoms with E-state index in [1.807, 2.05) is 48.5 Å². The molecule has 0 aliphatic heterocycles. The molecule has 0 spiro atoms. The van der Waals surface area contributed by atoms with Crippen LogP contribution in [0.3, 0.4) is 0 Å².